The van der Waals surface area contributed by atoms with Crippen LogP contribution in [0.25, 0.3) is 11.0 Å². The molecule has 1 saturated heterocycles. The first-order valence-corrected chi connectivity index (χ1v) is 7.55. The van der Waals surface area contributed by atoms with E-state index >= 15 is 0 Å². The van der Waals surface area contributed by atoms with E-state index in [0.29, 0.717) is 0 Å². The summed E-state index contributed by atoms with van der Waals surface area (Å²) in [4.78, 5) is 19.0. The number of benzene rings is 1. The summed E-state index contributed by atoms with van der Waals surface area (Å²) in [5.41, 5.74) is 1.69. The molecule has 0 unspecified atom stereocenters. The van der Waals surface area contributed by atoms with Crippen molar-refractivity contribution in [3.05, 3.63) is 24.3 Å². The van der Waals surface area contributed by atoms with Gasteiger partial charge in [0.15, 0.2) is 0 Å². The Kier molecular flexibility index (Phi) is 3.66. The van der Waals surface area contributed by atoms with Crippen LogP contribution in [0.2, 0.25) is 0 Å². The predicted molar refractivity (Wildman–Crippen MR) is 81.7 cm³/mol. The lowest BCUT2D eigenvalue weighted by atomic mass is 10.00. The predicted octanol–water partition coefficient (Wildman–Crippen LogP) is 3.15. The number of para-hydroxylation sites is 2. The number of carbonyl (C=O) groups excluding carboxylic acids is 1. The number of piperidine rings is 1. The van der Waals surface area contributed by atoms with Crippen LogP contribution >= 0.6 is 11.6 Å². The third-order valence-electron chi connectivity index (χ3n) is 3.97. The minimum absolute atomic E-state index is 0.0302. The van der Waals surface area contributed by atoms with Crippen LogP contribution in [-0.2, 0) is 0 Å². The molecule has 106 valence electrons. The standard InChI is InChI=1S/C15H18ClN3O/c1-11-6-8-18(9-7-11)15-17-12-4-2-3-5-13(12)19(15)14(20)10-16/h2-5,11H,6-10H2,1H3. The highest BCUT2D eigenvalue weighted by molar-refractivity contribution is 6.28. The Morgan fingerprint density at radius 1 is 1.35 bits per heavy atom. The molecule has 1 aromatic carbocycles. The second kappa shape index (κ2) is 5.44. The zero-order valence-corrected chi connectivity index (χ0v) is 12.3. The quantitative estimate of drug-likeness (QED) is 0.798. The fourth-order valence-corrected chi connectivity index (χ4v) is 2.86. The molecule has 0 saturated carbocycles. The molecule has 2 heterocycles. The molecular formula is C15H18ClN3O. The Morgan fingerprint density at radius 3 is 2.75 bits per heavy atom. The Balaban J connectivity index is 2.07. The second-order valence-corrected chi connectivity index (χ2v) is 5.70. The van der Waals surface area contributed by atoms with Gasteiger partial charge in [0.1, 0.15) is 5.88 Å². The summed E-state index contributed by atoms with van der Waals surface area (Å²) in [6.45, 7) is 4.16. The topological polar surface area (TPSA) is 38.1 Å². The van der Waals surface area contributed by atoms with Crippen molar-refractivity contribution >= 4 is 34.5 Å². The van der Waals surface area contributed by atoms with E-state index in [0.717, 1.165) is 48.8 Å². The average Bonchev–Trinajstić information content (AvgIpc) is 2.86. The molecule has 0 aliphatic carbocycles. The molecular weight excluding hydrogens is 274 g/mol. The Bertz CT molecular complexity index is 629. The van der Waals surface area contributed by atoms with Crippen molar-refractivity contribution in [2.24, 2.45) is 5.92 Å². The lowest BCUT2D eigenvalue weighted by Gasteiger charge is -2.31. The Morgan fingerprint density at radius 2 is 2.05 bits per heavy atom. The number of alkyl halides is 1. The third kappa shape index (κ3) is 2.29. The van der Waals surface area contributed by atoms with Gasteiger partial charge in [-0.25, -0.2) is 9.55 Å². The van der Waals surface area contributed by atoms with Crippen LogP contribution in [0.15, 0.2) is 24.3 Å². The highest BCUT2D eigenvalue weighted by Gasteiger charge is 2.24. The van der Waals surface area contributed by atoms with Crippen LogP contribution < -0.4 is 4.90 Å². The van der Waals surface area contributed by atoms with E-state index in [1.165, 1.54) is 0 Å². The van der Waals surface area contributed by atoms with Gasteiger partial charge in [-0.1, -0.05) is 19.1 Å². The number of carbonyl (C=O) groups is 1. The van der Waals surface area contributed by atoms with Gasteiger partial charge in [-0.2, -0.15) is 0 Å². The van der Waals surface area contributed by atoms with Crippen molar-refractivity contribution in [1.29, 1.82) is 0 Å². The SMILES string of the molecule is CC1CCN(c2nc3ccccc3n2C(=O)CCl)CC1. The summed E-state index contributed by atoms with van der Waals surface area (Å²) >= 11 is 5.76. The fourth-order valence-electron chi connectivity index (χ4n) is 2.74. The van der Waals surface area contributed by atoms with Gasteiger partial charge in [0, 0.05) is 13.1 Å². The number of imidazole rings is 1. The monoisotopic (exact) mass is 291 g/mol. The average molecular weight is 292 g/mol. The molecule has 1 aliphatic heterocycles. The van der Waals surface area contributed by atoms with E-state index < -0.39 is 0 Å². The number of anilines is 1. The first kappa shape index (κ1) is 13.4. The maximum absolute atomic E-state index is 12.2. The number of rotatable bonds is 2. The highest BCUT2D eigenvalue weighted by atomic mass is 35.5. The number of halogens is 1. The van der Waals surface area contributed by atoms with E-state index in [2.05, 4.69) is 16.8 Å². The van der Waals surface area contributed by atoms with Gasteiger partial charge in [-0.05, 0) is 30.9 Å². The minimum Gasteiger partial charge on any atom is -0.342 e. The van der Waals surface area contributed by atoms with Crippen LogP contribution in [0.1, 0.15) is 24.6 Å². The smallest absolute Gasteiger partial charge is 0.248 e. The van der Waals surface area contributed by atoms with Gasteiger partial charge in [-0.3, -0.25) is 4.79 Å². The van der Waals surface area contributed by atoms with Crippen molar-refractivity contribution in [1.82, 2.24) is 9.55 Å². The third-order valence-corrected chi connectivity index (χ3v) is 4.20. The number of hydrogen-bond acceptors (Lipinski definition) is 3. The summed E-state index contributed by atoms with van der Waals surface area (Å²) in [6, 6.07) is 7.71. The van der Waals surface area contributed by atoms with Gasteiger partial charge < -0.3 is 4.90 Å². The summed E-state index contributed by atoms with van der Waals surface area (Å²) < 4.78 is 1.66. The van der Waals surface area contributed by atoms with E-state index in [9.17, 15) is 4.79 Å². The first-order chi connectivity index (χ1) is 9.70. The maximum Gasteiger partial charge on any atom is 0.248 e. The Labute approximate surface area is 123 Å². The van der Waals surface area contributed by atoms with Gasteiger partial charge in [0.2, 0.25) is 11.9 Å². The molecule has 0 N–H and O–H groups in total. The molecule has 0 amide bonds. The van der Waals surface area contributed by atoms with Crippen molar-refractivity contribution < 1.29 is 4.79 Å². The van der Waals surface area contributed by atoms with Crippen molar-refractivity contribution in [3.63, 3.8) is 0 Å². The van der Waals surface area contributed by atoms with Crippen molar-refractivity contribution in [3.8, 4) is 0 Å². The second-order valence-electron chi connectivity index (χ2n) is 5.43. The summed E-state index contributed by atoms with van der Waals surface area (Å²) in [5, 5.41) is 0. The molecule has 4 nitrogen and oxygen atoms in total. The molecule has 3 rings (SSSR count). The van der Waals surface area contributed by atoms with Crippen LogP contribution in [-0.4, -0.2) is 34.4 Å². The lowest BCUT2D eigenvalue weighted by molar-refractivity contribution is 0.0946. The number of hydrogen-bond donors (Lipinski definition) is 0. The molecule has 20 heavy (non-hydrogen) atoms. The normalized spacial score (nSPS) is 16.8. The van der Waals surface area contributed by atoms with Crippen LogP contribution in [0.5, 0.6) is 0 Å². The largest absolute Gasteiger partial charge is 0.342 e. The molecule has 0 atom stereocenters. The molecule has 0 spiro atoms. The van der Waals surface area contributed by atoms with Crippen LogP contribution in [0, 0.1) is 5.92 Å². The molecule has 0 radical (unpaired) electrons. The van der Waals surface area contributed by atoms with Gasteiger partial charge in [0.25, 0.3) is 0 Å². The van der Waals surface area contributed by atoms with Gasteiger partial charge in [-0.15, -0.1) is 11.6 Å². The number of nitrogens with zero attached hydrogens (tertiary/aromatic N) is 3. The van der Waals surface area contributed by atoms with Crippen LogP contribution in [0.3, 0.4) is 0 Å². The molecule has 0 bridgehead atoms. The molecule has 1 fully saturated rings. The van der Waals surface area contributed by atoms with Gasteiger partial charge >= 0.3 is 0 Å². The van der Waals surface area contributed by atoms with Crippen molar-refractivity contribution in [2.75, 3.05) is 23.9 Å². The summed E-state index contributed by atoms with van der Waals surface area (Å²) in [6.07, 6.45) is 2.27. The summed E-state index contributed by atoms with van der Waals surface area (Å²) in [5.74, 6) is 1.34. The molecule has 2 aromatic rings. The summed E-state index contributed by atoms with van der Waals surface area (Å²) in [7, 11) is 0. The zero-order valence-electron chi connectivity index (χ0n) is 11.6. The minimum atomic E-state index is -0.117. The van der Waals surface area contributed by atoms with E-state index in [1.54, 1.807) is 4.57 Å². The van der Waals surface area contributed by atoms with Crippen LogP contribution in [0.4, 0.5) is 5.95 Å². The maximum atomic E-state index is 12.2. The van der Waals surface area contributed by atoms with E-state index in [-0.39, 0.29) is 11.8 Å². The van der Waals surface area contributed by atoms with E-state index in [4.69, 9.17) is 11.6 Å². The molecule has 5 heteroatoms. The van der Waals surface area contributed by atoms with Gasteiger partial charge in [0.05, 0.1) is 11.0 Å². The van der Waals surface area contributed by atoms with Crippen molar-refractivity contribution in [2.45, 2.75) is 19.8 Å². The van der Waals surface area contributed by atoms with E-state index in [1.807, 2.05) is 24.3 Å². The molecule has 1 aliphatic rings. The highest BCUT2D eigenvalue weighted by Crippen LogP contribution is 2.26. The fraction of sp³-hybridized carbons (Fsp3) is 0.467. The Hall–Kier alpha value is -1.55. The first-order valence-electron chi connectivity index (χ1n) is 7.02. The lowest BCUT2D eigenvalue weighted by Crippen LogP contribution is -2.35. The molecule has 1 aromatic heterocycles. The number of fused-ring (bicyclic) bond motifs is 1. The number of aromatic nitrogens is 2. The zero-order chi connectivity index (χ0) is 14.1.